The maximum atomic E-state index is 12.4. The Morgan fingerprint density at radius 3 is 1.39 bits per heavy atom. The van der Waals surface area contributed by atoms with Crippen molar-refractivity contribution in [1.29, 1.82) is 0 Å². The number of carbonyl (C=O) groups excluding carboxylic acids is 2. The van der Waals surface area contributed by atoms with Gasteiger partial charge in [-0.25, -0.2) is 0 Å². The van der Waals surface area contributed by atoms with Crippen LogP contribution >= 0.6 is 0 Å². The highest BCUT2D eigenvalue weighted by Crippen LogP contribution is 2.14. The van der Waals surface area contributed by atoms with Gasteiger partial charge in [-0.3, -0.25) is 9.59 Å². The van der Waals surface area contributed by atoms with Gasteiger partial charge in [-0.05, 0) is 77.0 Å². The van der Waals surface area contributed by atoms with Crippen molar-refractivity contribution in [3.8, 4) is 0 Å². The number of carbonyl (C=O) groups is 2. The van der Waals surface area contributed by atoms with Crippen LogP contribution in [0.4, 0.5) is 0 Å². The molecule has 0 aliphatic heterocycles. The average molecular weight is 760 g/mol. The molecule has 0 saturated heterocycles. The monoisotopic (exact) mass is 760 g/mol. The fourth-order valence-electron chi connectivity index (χ4n) is 6.75. The van der Waals surface area contributed by atoms with E-state index in [2.05, 4.69) is 43.5 Å². The summed E-state index contributed by atoms with van der Waals surface area (Å²) in [4.78, 5) is 24.3. The maximum Gasteiger partial charge on any atom is 0.305 e. The van der Waals surface area contributed by atoms with Gasteiger partial charge in [0, 0.05) is 12.8 Å². The molecular weight excluding hydrogens is 671 g/mol. The summed E-state index contributed by atoms with van der Waals surface area (Å²) in [6, 6.07) is -0.665. The van der Waals surface area contributed by atoms with Gasteiger partial charge in [-0.15, -0.1) is 0 Å². The number of amides is 1. The molecule has 1 amide bonds. The average Bonchev–Trinajstić information content (AvgIpc) is 3.17. The van der Waals surface area contributed by atoms with Crippen molar-refractivity contribution in [2.45, 2.75) is 244 Å². The highest BCUT2D eigenvalue weighted by atomic mass is 16.5. The first-order valence-corrected chi connectivity index (χ1v) is 23.3. The summed E-state index contributed by atoms with van der Waals surface area (Å²) < 4.78 is 5.41. The first-order chi connectivity index (χ1) is 26.5. The zero-order chi connectivity index (χ0) is 39.4. The molecule has 6 nitrogen and oxygen atoms in total. The van der Waals surface area contributed by atoms with Crippen LogP contribution in [0.3, 0.4) is 0 Å². The summed E-state index contributed by atoms with van der Waals surface area (Å²) in [6.07, 6.45) is 51.4. The number of hydrogen-bond acceptors (Lipinski definition) is 5. The number of aliphatic hydroxyl groups is 2. The predicted octanol–water partition coefficient (Wildman–Crippen LogP) is 13.3. The number of unbranched alkanes of at least 4 members (excludes halogenated alkanes) is 27. The van der Waals surface area contributed by atoms with Crippen LogP contribution in [0.5, 0.6) is 0 Å². The van der Waals surface area contributed by atoms with Crippen LogP contribution in [0.1, 0.15) is 232 Å². The van der Waals surface area contributed by atoms with E-state index < -0.39 is 12.1 Å². The van der Waals surface area contributed by atoms with Crippen LogP contribution in [0.15, 0.2) is 36.5 Å². The molecule has 0 fully saturated rings. The fraction of sp³-hybridized carbons (Fsp3) is 0.833. The first kappa shape index (κ1) is 52.1. The van der Waals surface area contributed by atoms with E-state index in [1.165, 1.54) is 135 Å². The molecule has 0 bridgehead atoms. The summed E-state index contributed by atoms with van der Waals surface area (Å²) in [5, 5.41) is 23.0. The molecule has 0 aliphatic carbocycles. The maximum absolute atomic E-state index is 12.4. The Kier molecular flexibility index (Phi) is 42.2. The van der Waals surface area contributed by atoms with Gasteiger partial charge in [0.2, 0.25) is 5.91 Å². The molecule has 54 heavy (non-hydrogen) atoms. The standard InChI is InChI=1S/C48H89NO5/c1-3-5-7-9-11-13-15-17-18-19-20-21-24-28-32-36-40-46(51)45(44-50)49-47(52)41-37-33-29-25-23-27-31-35-39-43-54-48(53)42-38-34-30-26-22-16-14-12-10-8-6-4-2/h12,14,25,29,36,40,45-46,50-51H,3-11,13,15-24,26-28,30-35,37-39,41-44H2,1-2H3,(H,49,52)/b14-12-,29-25-,40-36+. The quantitative estimate of drug-likeness (QED) is 0.0327. The molecule has 0 radical (unpaired) electrons. The van der Waals surface area contributed by atoms with Crippen LogP contribution in [-0.4, -0.2) is 47.4 Å². The first-order valence-electron chi connectivity index (χ1n) is 23.3. The highest BCUT2D eigenvalue weighted by molar-refractivity contribution is 5.76. The minimum absolute atomic E-state index is 0.0490. The van der Waals surface area contributed by atoms with Gasteiger partial charge < -0.3 is 20.3 Å². The van der Waals surface area contributed by atoms with Gasteiger partial charge in [0.25, 0.3) is 0 Å². The molecule has 0 aliphatic rings. The second-order valence-electron chi connectivity index (χ2n) is 15.7. The van der Waals surface area contributed by atoms with Crippen molar-refractivity contribution in [2.75, 3.05) is 13.2 Å². The minimum atomic E-state index is -0.875. The van der Waals surface area contributed by atoms with Crippen molar-refractivity contribution in [3.05, 3.63) is 36.5 Å². The molecule has 2 atom stereocenters. The zero-order valence-electron chi connectivity index (χ0n) is 35.7. The Bertz CT molecular complexity index is 884. The van der Waals surface area contributed by atoms with E-state index in [0.29, 0.717) is 19.4 Å². The number of ether oxygens (including phenoxy) is 1. The van der Waals surface area contributed by atoms with E-state index in [9.17, 15) is 19.8 Å². The summed E-state index contributed by atoms with van der Waals surface area (Å²) in [5.41, 5.74) is 0. The summed E-state index contributed by atoms with van der Waals surface area (Å²) in [5.74, 6) is -0.179. The summed E-state index contributed by atoms with van der Waals surface area (Å²) >= 11 is 0. The largest absolute Gasteiger partial charge is 0.466 e. The Balaban J connectivity index is 3.62. The number of hydrogen-bond donors (Lipinski definition) is 3. The Labute approximate surface area is 334 Å². The van der Waals surface area contributed by atoms with Crippen LogP contribution < -0.4 is 5.32 Å². The normalized spacial score (nSPS) is 13.0. The van der Waals surface area contributed by atoms with E-state index in [4.69, 9.17) is 4.74 Å². The van der Waals surface area contributed by atoms with Crippen LogP contribution in [0, 0.1) is 0 Å². The lowest BCUT2D eigenvalue weighted by molar-refractivity contribution is -0.143. The van der Waals surface area contributed by atoms with Crippen molar-refractivity contribution in [3.63, 3.8) is 0 Å². The number of nitrogens with one attached hydrogen (secondary N) is 1. The highest BCUT2D eigenvalue weighted by Gasteiger charge is 2.17. The SMILES string of the molecule is CCCCC/C=C\CCCCCCCC(=O)OCCCCCC/C=C\CCCC(=O)NC(CO)C(O)/C=C/CCCCCCCCCCCCCCCC. The smallest absolute Gasteiger partial charge is 0.305 e. The molecule has 2 unspecified atom stereocenters. The second-order valence-corrected chi connectivity index (χ2v) is 15.7. The van der Waals surface area contributed by atoms with Gasteiger partial charge >= 0.3 is 5.97 Å². The number of esters is 1. The summed E-state index contributed by atoms with van der Waals surface area (Å²) in [7, 11) is 0. The van der Waals surface area contributed by atoms with E-state index in [1.807, 2.05) is 6.08 Å². The number of rotatable bonds is 42. The van der Waals surface area contributed by atoms with E-state index in [1.54, 1.807) is 6.08 Å². The lowest BCUT2D eigenvalue weighted by Gasteiger charge is -2.19. The van der Waals surface area contributed by atoms with Gasteiger partial charge in [-0.2, -0.15) is 0 Å². The molecule has 0 aromatic rings. The molecule has 0 spiro atoms. The molecule has 0 saturated carbocycles. The molecule has 0 rings (SSSR count). The lowest BCUT2D eigenvalue weighted by atomic mass is 10.0. The third-order valence-corrected chi connectivity index (χ3v) is 10.4. The third kappa shape index (κ3) is 39.8. The van der Waals surface area contributed by atoms with E-state index in [-0.39, 0.29) is 18.5 Å². The summed E-state index contributed by atoms with van der Waals surface area (Å²) in [6.45, 7) is 4.77. The van der Waals surface area contributed by atoms with Gasteiger partial charge in [0.1, 0.15) is 0 Å². The van der Waals surface area contributed by atoms with Crippen LogP contribution in [-0.2, 0) is 14.3 Å². The molecular formula is C48H89NO5. The predicted molar refractivity (Wildman–Crippen MR) is 232 cm³/mol. The lowest BCUT2D eigenvalue weighted by Crippen LogP contribution is -2.45. The number of allylic oxidation sites excluding steroid dienone is 5. The number of aliphatic hydroxyl groups excluding tert-OH is 2. The molecule has 316 valence electrons. The fourth-order valence-corrected chi connectivity index (χ4v) is 6.75. The zero-order valence-corrected chi connectivity index (χ0v) is 35.7. The minimum Gasteiger partial charge on any atom is -0.466 e. The van der Waals surface area contributed by atoms with Crippen molar-refractivity contribution < 1.29 is 24.5 Å². The topological polar surface area (TPSA) is 95.9 Å². The van der Waals surface area contributed by atoms with Gasteiger partial charge in [0.05, 0.1) is 25.4 Å². The molecule has 6 heteroatoms. The third-order valence-electron chi connectivity index (χ3n) is 10.4. The molecule has 0 aromatic heterocycles. The van der Waals surface area contributed by atoms with E-state index in [0.717, 1.165) is 70.6 Å². The van der Waals surface area contributed by atoms with Crippen molar-refractivity contribution in [2.24, 2.45) is 0 Å². The second kappa shape index (κ2) is 43.8. The van der Waals surface area contributed by atoms with Crippen molar-refractivity contribution >= 4 is 11.9 Å². The Morgan fingerprint density at radius 1 is 0.500 bits per heavy atom. The van der Waals surface area contributed by atoms with Crippen molar-refractivity contribution in [1.82, 2.24) is 5.32 Å². The molecule has 0 aromatic carbocycles. The van der Waals surface area contributed by atoms with E-state index >= 15 is 0 Å². The van der Waals surface area contributed by atoms with Crippen LogP contribution in [0.2, 0.25) is 0 Å². The Hall–Kier alpha value is -1.92. The Morgan fingerprint density at radius 2 is 0.889 bits per heavy atom. The van der Waals surface area contributed by atoms with Gasteiger partial charge in [-0.1, -0.05) is 179 Å². The molecule has 0 heterocycles. The van der Waals surface area contributed by atoms with Crippen LogP contribution in [0.25, 0.3) is 0 Å². The van der Waals surface area contributed by atoms with Gasteiger partial charge in [0.15, 0.2) is 0 Å². The molecule has 3 N–H and O–H groups in total.